The van der Waals surface area contributed by atoms with Crippen LogP contribution in [0, 0.1) is 5.92 Å². The molecule has 1 fully saturated rings. The summed E-state index contributed by atoms with van der Waals surface area (Å²) in [6, 6.07) is 14.3. The van der Waals surface area contributed by atoms with Crippen LogP contribution in [0.15, 0.2) is 48.5 Å². The standard InChI is InChI=1S/C19H20F2N2O2/c20-19(21)25-17-7-6-16(23-18(24)14-8-9-22-12-14)11-15(17)10-13-4-2-1-3-5-13/h1-7,11,14,19,22H,8-10,12H2,(H,23,24). The van der Waals surface area contributed by atoms with E-state index in [1.807, 2.05) is 30.3 Å². The Morgan fingerprint density at radius 3 is 2.72 bits per heavy atom. The Morgan fingerprint density at radius 1 is 1.24 bits per heavy atom. The van der Waals surface area contributed by atoms with Crippen molar-refractivity contribution < 1.29 is 18.3 Å². The zero-order chi connectivity index (χ0) is 17.6. The van der Waals surface area contributed by atoms with Crippen molar-refractivity contribution in [3.8, 4) is 5.75 Å². The summed E-state index contributed by atoms with van der Waals surface area (Å²) in [7, 11) is 0. The number of halogens is 2. The summed E-state index contributed by atoms with van der Waals surface area (Å²) in [5, 5.41) is 6.02. The number of carbonyl (C=O) groups is 1. The van der Waals surface area contributed by atoms with Crippen molar-refractivity contribution in [2.75, 3.05) is 18.4 Å². The molecule has 0 spiro atoms. The number of anilines is 1. The van der Waals surface area contributed by atoms with E-state index < -0.39 is 6.61 Å². The third kappa shape index (κ3) is 4.76. The molecule has 2 N–H and O–H groups in total. The summed E-state index contributed by atoms with van der Waals surface area (Å²) in [6.07, 6.45) is 1.24. The van der Waals surface area contributed by atoms with E-state index in [1.165, 1.54) is 6.07 Å². The topological polar surface area (TPSA) is 50.4 Å². The van der Waals surface area contributed by atoms with Crippen molar-refractivity contribution in [2.45, 2.75) is 19.5 Å². The number of hydrogen-bond donors (Lipinski definition) is 2. The number of amides is 1. The van der Waals surface area contributed by atoms with E-state index in [9.17, 15) is 13.6 Å². The summed E-state index contributed by atoms with van der Waals surface area (Å²) in [4.78, 5) is 12.2. The first kappa shape index (κ1) is 17.4. The maximum atomic E-state index is 12.7. The van der Waals surface area contributed by atoms with Crippen LogP contribution >= 0.6 is 0 Å². The van der Waals surface area contributed by atoms with Gasteiger partial charge in [-0.2, -0.15) is 8.78 Å². The molecule has 1 aliphatic heterocycles. The van der Waals surface area contributed by atoms with Crippen molar-refractivity contribution in [3.05, 3.63) is 59.7 Å². The molecule has 1 saturated heterocycles. The van der Waals surface area contributed by atoms with Crippen LogP contribution in [0.5, 0.6) is 5.75 Å². The van der Waals surface area contributed by atoms with Crippen LogP contribution in [-0.4, -0.2) is 25.6 Å². The molecule has 1 heterocycles. The van der Waals surface area contributed by atoms with Gasteiger partial charge in [0, 0.05) is 24.2 Å². The molecule has 2 aromatic carbocycles. The zero-order valence-corrected chi connectivity index (χ0v) is 13.7. The van der Waals surface area contributed by atoms with Crippen LogP contribution in [-0.2, 0) is 11.2 Å². The summed E-state index contributed by atoms with van der Waals surface area (Å²) >= 11 is 0. The van der Waals surface area contributed by atoms with Crippen LogP contribution in [0.25, 0.3) is 0 Å². The number of nitrogens with one attached hydrogen (secondary N) is 2. The third-order valence-corrected chi connectivity index (χ3v) is 4.21. The van der Waals surface area contributed by atoms with Crippen molar-refractivity contribution in [2.24, 2.45) is 5.92 Å². The molecule has 0 aliphatic carbocycles. The fraction of sp³-hybridized carbons (Fsp3) is 0.316. The van der Waals surface area contributed by atoms with Gasteiger partial charge in [0.1, 0.15) is 5.75 Å². The van der Waals surface area contributed by atoms with Crippen LogP contribution in [0.3, 0.4) is 0 Å². The van der Waals surface area contributed by atoms with E-state index in [1.54, 1.807) is 12.1 Å². The Kier molecular flexibility index (Phi) is 5.60. The Labute approximate surface area is 145 Å². The molecule has 0 aromatic heterocycles. The molecule has 25 heavy (non-hydrogen) atoms. The Morgan fingerprint density at radius 2 is 2.04 bits per heavy atom. The number of rotatable bonds is 6. The highest BCUT2D eigenvalue weighted by atomic mass is 19.3. The second kappa shape index (κ2) is 8.07. The molecule has 6 heteroatoms. The lowest BCUT2D eigenvalue weighted by atomic mass is 10.0. The monoisotopic (exact) mass is 346 g/mol. The maximum Gasteiger partial charge on any atom is 0.387 e. The molecular formula is C19H20F2N2O2. The number of benzene rings is 2. The van der Waals surface area contributed by atoms with Crippen LogP contribution in [0.4, 0.5) is 14.5 Å². The second-order valence-corrected chi connectivity index (χ2v) is 6.04. The van der Waals surface area contributed by atoms with Gasteiger partial charge in [0.2, 0.25) is 5.91 Å². The van der Waals surface area contributed by atoms with Gasteiger partial charge in [-0.1, -0.05) is 30.3 Å². The first-order valence-corrected chi connectivity index (χ1v) is 8.25. The van der Waals surface area contributed by atoms with Crippen LogP contribution < -0.4 is 15.4 Å². The van der Waals surface area contributed by atoms with Crippen molar-refractivity contribution in [1.29, 1.82) is 0 Å². The van der Waals surface area contributed by atoms with Gasteiger partial charge in [0.05, 0.1) is 5.92 Å². The van der Waals surface area contributed by atoms with Gasteiger partial charge in [0.25, 0.3) is 0 Å². The summed E-state index contributed by atoms with van der Waals surface area (Å²) in [5.41, 5.74) is 2.17. The molecule has 1 unspecified atom stereocenters. The predicted molar refractivity (Wildman–Crippen MR) is 91.9 cm³/mol. The number of alkyl halides is 2. The lowest BCUT2D eigenvalue weighted by Crippen LogP contribution is -2.24. The van der Waals surface area contributed by atoms with Crippen molar-refractivity contribution in [3.63, 3.8) is 0 Å². The highest BCUT2D eigenvalue weighted by molar-refractivity contribution is 5.93. The average molecular weight is 346 g/mol. The predicted octanol–water partition coefficient (Wildman–Crippen LogP) is 3.43. The minimum atomic E-state index is -2.89. The first-order chi connectivity index (χ1) is 12.1. The second-order valence-electron chi connectivity index (χ2n) is 6.04. The van der Waals surface area contributed by atoms with Gasteiger partial charge in [-0.05, 0) is 36.7 Å². The van der Waals surface area contributed by atoms with Gasteiger partial charge in [-0.15, -0.1) is 0 Å². The summed E-state index contributed by atoms with van der Waals surface area (Å²) in [5.74, 6) is 0.00661. The van der Waals surface area contributed by atoms with E-state index in [0.29, 0.717) is 24.2 Å². The average Bonchev–Trinajstić information content (AvgIpc) is 3.12. The van der Waals surface area contributed by atoms with Crippen LogP contribution in [0.2, 0.25) is 0 Å². The molecule has 2 aromatic rings. The van der Waals surface area contributed by atoms with Crippen molar-refractivity contribution in [1.82, 2.24) is 5.32 Å². The zero-order valence-electron chi connectivity index (χ0n) is 13.7. The van der Waals surface area contributed by atoms with Gasteiger partial charge >= 0.3 is 6.61 Å². The molecule has 4 nitrogen and oxygen atoms in total. The fourth-order valence-corrected chi connectivity index (χ4v) is 2.94. The normalized spacial score (nSPS) is 16.8. The third-order valence-electron chi connectivity index (χ3n) is 4.21. The fourth-order valence-electron chi connectivity index (χ4n) is 2.94. The van der Waals surface area contributed by atoms with E-state index in [0.717, 1.165) is 18.5 Å². The molecule has 1 aliphatic rings. The lowest BCUT2D eigenvalue weighted by Gasteiger charge is -2.15. The van der Waals surface area contributed by atoms with E-state index in [4.69, 9.17) is 0 Å². The molecule has 0 saturated carbocycles. The van der Waals surface area contributed by atoms with Crippen LogP contribution in [0.1, 0.15) is 17.5 Å². The van der Waals surface area contributed by atoms with Gasteiger partial charge in [-0.25, -0.2) is 0 Å². The van der Waals surface area contributed by atoms with Gasteiger partial charge in [-0.3, -0.25) is 4.79 Å². The Balaban J connectivity index is 1.80. The Bertz CT molecular complexity index is 717. The SMILES string of the molecule is O=C(Nc1ccc(OC(F)F)c(Cc2ccccc2)c1)C1CCNC1. The maximum absolute atomic E-state index is 12.7. The van der Waals surface area contributed by atoms with Gasteiger partial charge in [0.15, 0.2) is 0 Å². The molecule has 3 rings (SSSR count). The van der Waals surface area contributed by atoms with E-state index in [-0.39, 0.29) is 17.6 Å². The van der Waals surface area contributed by atoms with Crippen molar-refractivity contribution >= 4 is 11.6 Å². The van der Waals surface area contributed by atoms with E-state index in [2.05, 4.69) is 15.4 Å². The summed E-state index contributed by atoms with van der Waals surface area (Å²) in [6.45, 7) is -1.40. The molecular weight excluding hydrogens is 326 g/mol. The first-order valence-electron chi connectivity index (χ1n) is 8.25. The molecule has 132 valence electrons. The molecule has 0 bridgehead atoms. The number of hydrogen-bond acceptors (Lipinski definition) is 3. The highest BCUT2D eigenvalue weighted by Crippen LogP contribution is 2.27. The number of carbonyl (C=O) groups excluding carboxylic acids is 1. The van der Waals surface area contributed by atoms with E-state index >= 15 is 0 Å². The lowest BCUT2D eigenvalue weighted by molar-refractivity contribution is -0.119. The Hall–Kier alpha value is -2.47. The molecule has 1 amide bonds. The minimum Gasteiger partial charge on any atom is -0.435 e. The smallest absolute Gasteiger partial charge is 0.387 e. The van der Waals surface area contributed by atoms with Gasteiger partial charge < -0.3 is 15.4 Å². The summed E-state index contributed by atoms with van der Waals surface area (Å²) < 4.78 is 29.9. The quantitative estimate of drug-likeness (QED) is 0.843. The minimum absolute atomic E-state index is 0.0572. The number of ether oxygens (including phenoxy) is 1. The molecule has 1 atom stereocenters. The largest absolute Gasteiger partial charge is 0.435 e. The highest BCUT2D eigenvalue weighted by Gasteiger charge is 2.22. The molecule has 0 radical (unpaired) electrons.